The van der Waals surface area contributed by atoms with E-state index in [0.717, 1.165) is 27.6 Å². The van der Waals surface area contributed by atoms with Crippen LogP contribution >= 0.6 is 11.5 Å². The van der Waals surface area contributed by atoms with E-state index in [-0.39, 0.29) is 0 Å². The third-order valence-electron chi connectivity index (χ3n) is 2.94. The standard InChI is InChI=1S/C13H15N5OS/c1-4-19-9-6-5-8-11(16-9)17-12(15-8)10-7(2)18-20-13(10)14-3/h5-6,14H,4H2,1-3H3,(H,15,16,17). The third-order valence-corrected chi connectivity index (χ3v) is 3.90. The second kappa shape index (κ2) is 5.09. The van der Waals surface area contributed by atoms with Crippen LogP contribution in [0.5, 0.6) is 5.88 Å². The lowest BCUT2D eigenvalue weighted by molar-refractivity contribution is 0.328. The minimum absolute atomic E-state index is 0.590. The molecule has 3 aromatic rings. The number of pyridine rings is 1. The second-order valence-corrected chi connectivity index (χ2v) is 5.03. The number of aromatic nitrogens is 4. The van der Waals surface area contributed by atoms with Crippen molar-refractivity contribution in [1.29, 1.82) is 0 Å². The molecule has 3 rings (SSSR count). The maximum Gasteiger partial charge on any atom is 0.215 e. The molecule has 20 heavy (non-hydrogen) atoms. The van der Waals surface area contributed by atoms with Crippen molar-refractivity contribution >= 4 is 27.7 Å². The van der Waals surface area contributed by atoms with Crippen LogP contribution in [0.4, 0.5) is 5.00 Å². The van der Waals surface area contributed by atoms with Crippen molar-refractivity contribution in [2.75, 3.05) is 19.0 Å². The zero-order valence-corrected chi connectivity index (χ0v) is 12.3. The molecule has 0 aliphatic carbocycles. The molecule has 0 aliphatic rings. The molecule has 2 N–H and O–H groups in total. The summed E-state index contributed by atoms with van der Waals surface area (Å²) in [7, 11) is 1.88. The summed E-state index contributed by atoms with van der Waals surface area (Å²) in [4.78, 5) is 12.2. The molecule has 0 spiro atoms. The van der Waals surface area contributed by atoms with Gasteiger partial charge in [-0.3, -0.25) is 0 Å². The first-order chi connectivity index (χ1) is 9.72. The van der Waals surface area contributed by atoms with Crippen molar-refractivity contribution in [3.05, 3.63) is 17.8 Å². The number of anilines is 1. The number of imidazole rings is 1. The highest BCUT2D eigenvalue weighted by Crippen LogP contribution is 2.33. The Kier molecular flexibility index (Phi) is 3.27. The number of rotatable bonds is 4. The van der Waals surface area contributed by atoms with Gasteiger partial charge in [0, 0.05) is 13.1 Å². The summed E-state index contributed by atoms with van der Waals surface area (Å²) < 4.78 is 9.75. The number of hydrogen-bond donors (Lipinski definition) is 2. The summed E-state index contributed by atoms with van der Waals surface area (Å²) in [6.07, 6.45) is 0. The summed E-state index contributed by atoms with van der Waals surface area (Å²) >= 11 is 1.43. The summed E-state index contributed by atoms with van der Waals surface area (Å²) in [6.45, 7) is 4.49. The molecule has 7 heteroatoms. The van der Waals surface area contributed by atoms with E-state index in [0.29, 0.717) is 18.1 Å². The Morgan fingerprint density at radius 3 is 2.95 bits per heavy atom. The molecule has 104 valence electrons. The van der Waals surface area contributed by atoms with Crippen molar-refractivity contribution in [2.45, 2.75) is 13.8 Å². The Morgan fingerprint density at radius 2 is 2.20 bits per heavy atom. The van der Waals surface area contributed by atoms with Gasteiger partial charge in [-0.1, -0.05) is 0 Å². The van der Waals surface area contributed by atoms with Gasteiger partial charge in [0.15, 0.2) is 5.65 Å². The van der Waals surface area contributed by atoms with Gasteiger partial charge in [-0.25, -0.2) is 4.98 Å². The molecule has 3 aromatic heterocycles. The number of nitrogens with one attached hydrogen (secondary N) is 2. The first-order valence-electron chi connectivity index (χ1n) is 6.37. The minimum Gasteiger partial charge on any atom is -0.478 e. The van der Waals surface area contributed by atoms with Gasteiger partial charge in [0.05, 0.1) is 23.4 Å². The first-order valence-corrected chi connectivity index (χ1v) is 7.14. The smallest absolute Gasteiger partial charge is 0.215 e. The summed E-state index contributed by atoms with van der Waals surface area (Å²) in [5, 5.41) is 4.13. The Hall–Kier alpha value is -2.15. The number of hydrogen-bond acceptors (Lipinski definition) is 6. The lowest BCUT2D eigenvalue weighted by Gasteiger charge is -1.99. The molecule has 0 fully saturated rings. The molecule has 0 aromatic carbocycles. The number of nitrogens with zero attached hydrogens (tertiary/aromatic N) is 3. The number of fused-ring (bicyclic) bond motifs is 1. The van der Waals surface area contributed by atoms with Crippen LogP contribution in [0, 0.1) is 6.92 Å². The monoisotopic (exact) mass is 289 g/mol. The molecular weight excluding hydrogens is 274 g/mol. The van der Waals surface area contributed by atoms with Gasteiger partial charge in [0.25, 0.3) is 0 Å². The summed E-state index contributed by atoms with van der Waals surface area (Å²) in [6, 6.07) is 3.77. The van der Waals surface area contributed by atoms with E-state index in [4.69, 9.17) is 4.74 Å². The molecule has 0 bridgehead atoms. The van der Waals surface area contributed by atoms with E-state index in [1.807, 2.05) is 33.0 Å². The number of aromatic amines is 1. The maximum absolute atomic E-state index is 5.39. The van der Waals surface area contributed by atoms with Crippen LogP contribution in [0.15, 0.2) is 12.1 Å². The summed E-state index contributed by atoms with van der Waals surface area (Å²) in [5.74, 6) is 1.36. The molecule has 0 saturated heterocycles. The molecular formula is C13H15N5OS. The average molecular weight is 289 g/mol. The van der Waals surface area contributed by atoms with E-state index < -0.39 is 0 Å². The van der Waals surface area contributed by atoms with Crippen molar-refractivity contribution in [2.24, 2.45) is 0 Å². The zero-order valence-electron chi connectivity index (χ0n) is 11.5. The Morgan fingerprint density at radius 1 is 1.35 bits per heavy atom. The van der Waals surface area contributed by atoms with Gasteiger partial charge < -0.3 is 15.0 Å². The average Bonchev–Trinajstić information content (AvgIpc) is 3.01. The molecule has 6 nitrogen and oxygen atoms in total. The predicted octanol–water partition coefficient (Wildman–Crippen LogP) is 2.83. The van der Waals surface area contributed by atoms with E-state index in [1.165, 1.54) is 11.5 Å². The third kappa shape index (κ3) is 2.09. The minimum atomic E-state index is 0.590. The highest BCUT2D eigenvalue weighted by atomic mass is 32.1. The van der Waals surface area contributed by atoms with Crippen LogP contribution < -0.4 is 10.1 Å². The van der Waals surface area contributed by atoms with Crippen LogP contribution in [-0.4, -0.2) is 33.0 Å². The van der Waals surface area contributed by atoms with E-state index in [9.17, 15) is 0 Å². The highest BCUT2D eigenvalue weighted by Gasteiger charge is 2.16. The van der Waals surface area contributed by atoms with Gasteiger partial charge in [0.2, 0.25) is 5.88 Å². The number of ether oxygens (including phenoxy) is 1. The second-order valence-electron chi connectivity index (χ2n) is 4.26. The molecule has 0 radical (unpaired) electrons. The lowest BCUT2D eigenvalue weighted by Crippen LogP contribution is -1.93. The van der Waals surface area contributed by atoms with Gasteiger partial charge in [-0.05, 0) is 31.4 Å². The van der Waals surface area contributed by atoms with Crippen LogP contribution in [0.3, 0.4) is 0 Å². The van der Waals surface area contributed by atoms with E-state index in [2.05, 4.69) is 24.6 Å². The maximum atomic E-state index is 5.39. The fourth-order valence-electron chi connectivity index (χ4n) is 2.04. The fourth-order valence-corrected chi connectivity index (χ4v) is 2.79. The van der Waals surface area contributed by atoms with Crippen molar-refractivity contribution in [3.63, 3.8) is 0 Å². The molecule has 0 aliphatic heterocycles. The van der Waals surface area contributed by atoms with Crippen LogP contribution in [0.25, 0.3) is 22.6 Å². The largest absolute Gasteiger partial charge is 0.478 e. The molecule has 3 heterocycles. The quantitative estimate of drug-likeness (QED) is 0.772. The Balaban J connectivity index is 2.10. The Bertz CT molecular complexity index is 748. The molecule has 0 saturated carbocycles. The van der Waals surface area contributed by atoms with Crippen molar-refractivity contribution in [3.8, 4) is 17.3 Å². The van der Waals surface area contributed by atoms with Gasteiger partial charge in [-0.15, -0.1) is 0 Å². The molecule has 0 amide bonds. The van der Waals surface area contributed by atoms with E-state index in [1.54, 1.807) is 0 Å². The fraction of sp³-hybridized carbons (Fsp3) is 0.308. The highest BCUT2D eigenvalue weighted by molar-refractivity contribution is 7.10. The first kappa shape index (κ1) is 12.9. The van der Waals surface area contributed by atoms with Gasteiger partial charge in [-0.2, -0.15) is 9.36 Å². The lowest BCUT2D eigenvalue weighted by atomic mass is 10.2. The topological polar surface area (TPSA) is 75.7 Å². The van der Waals surface area contributed by atoms with Gasteiger partial charge in [0.1, 0.15) is 10.8 Å². The van der Waals surface area contributed by atoms with Crippen molar-refractivity contribution in [1.82, 2.24) is 19.3 Å². The SMILES string of the molecule is CCOc1ccc2[nH]c(-c3c(C)nsc3NC)nc2n1. The Labute approximate surface area is 120 Å². The van der Waals surface area contributed by atoms with E-state index >= 15 is 0 Å². The van der Waals surface area contributed by atoms with Crippen molar-refractivity contribution < 1.29 is 4.74 Å². The normalized spacial score (nSPS) is 10.9. The number of H-pyrrole nitrogens is 1. The predicted molar refractivity (Wildman–Crippen MR) is 80.4 cm³/mol. The number of aryl methyl sites for hydroxylation is 1. The molecule has 0 unspecified atom stereocenters. The van der Waals surface area contributed by atoms with Crippen LogP contribution in [0.1, 0.15) is 12.6 Å². The van der Waals surface area contributed by atoms with Crippen LogP contribution in [-0.2, 0) is 0 Å². The van der Waals surface area contributed by atoms with Gasteiger partial charge >= 0.3 is 0 Å². The zero-order chi connectivity index (χ0) is 14.1. The van der Waals surface area contributed by atoms with Crippen LogP contribution in [0.2, 0.25) is 0 Å². The molecule has 0 atom stereocenters. The summed E-state index contributed by atoms with van der Waals surface area (Å²) in [5.41, 5.74) is 3.48.